The molecule has 2 unspecified atom stereocenters. The molecular weight excluding hydrogens is 566 g/mol. The van der Waals surface area contributed by atoms with Crippen LogP contribution in [0.25, 0.3) is 0 Å². The number of hydrogen-bond acceptors (Lipinski definition) is 10. The number of methoxy groups -OCH3 is 2. The molecule has 0 saturated carbocycles. The summed E-state index contributed by atoms with van der Waals surface area (Å²) in [6.45, 7) is 9.39. The summed E-state index contributed by atoms with van der Waals surface area (Å²) in [5, 5.41) is 3.37. The molecule has 2 aromatic carbocycles. The molecule has 2 atom stereocenters. The Bertz CT molecular complexity index is 1470. The summed E-state index contributed by atoms with van der Waals surface area (Å²) in [5.41, 5.74) is 3.74. The molecule has 0 saturated heterocycles. The van der Waals surface area contributed by atoms with E-state index in [2.05, 4.69) is 5.32 Å². The average Bonchev–Trinajstić information content (AvgIpc) is 2.98. The van der Waals surface area contributed by atoms with Gasteiger partial charge in [0.1, 0.15) is 6.61 Å². The van der Waals surface area contributed by atoms with Crippen molar-refractivity contribution >= 4 is 17.7 Å². The monoisotopic (exact) mass is 607 g/mol. The van der Waals surface area contributed by atoms with Gasteiger partial charge in [0.15, 0.2) is 28.8 Å². The van der Waals surface area contributed by atoms with Gasteiger partial charge >= 0.3 is 11.9 Å². The highest BCUT2D eigenvalue weighted by Crippen LogP contribution is 2.47. The highest BCUT2D eigenvalue weighted by atomic mass is 16.6. The van der Waals surface area contributed by atoms with Gasteiger partial charge in [0.2, 0.25) is 0 Å². The van der Waals surface area contributed by atoms with E-state index >= 15 is 0 Å². The van der Waals surface area contributed by atoms with E-state index in [1.807, 2.05) is 39.0 Å². The molecule has 0 spiro atoms. The second-order valence-corrected chi connectivity index (χ2v) is 10.9. The molecule has 1 aliphatic heterocycles. The summed E-state index contributed by atoms with van der Waals surface area (Å²) >= 11 is 0. The van der Waals surface area contributed by atoms with E-state index in [0.717, 1.165) is 11.3 Å². The molecule has 1 aliphatic carbocycles. The Morgan fingerprint density at radius 2 is 1.61 bits per heavy atom. The second kappa shape index (κ2) is 14.4. The standard InChI is InChI=1S/C34H41NO9/c1-8-41-30-18-23(10-12-28(30)44-21(5)36)32-31(34(38)43-14-13-42-19(2)3)20(4)35-25-15-24(16-26(37)33(25)32)22-9-11-27(39-6)29(17-22)40-7/h9-12,17-19,24,32,35H,8,13-16H2,1-7H3. The van der Waals surface area contributed by atoms with Crippen molar-refractivity contribution in [1.82, 2.24) is 5.32 Å². The van der Waals surface area contributed by atoms with Gasteiger partial charge in [-0.2, -0.15) is 0 Å². The SMILES string of the molecule is CCOc1cc(C2C(C(=O)OCCOC(C)C)=C(C)NC3=C2C(=O)CC(c2ccc(OC)c(OC)c2)C3)ccc1OC(C)=O. The number of allylic oxidation sites excluding steroid dienone is 3. The highest BCUT2D eigenvalue weighted by molar-refractivity contribution is 6.04. The fourth-order valence-corrected chi connectivity index (χ4v) is 5.69. The van der Waals surface area contributed by atoms with E-state index in [0.29, 0.717) is 52.7 Å². The molecule has 10 heteroatoms. The maximum atomic E-state index is 14.1. The molecular formula is C34H41NO9. The molecule has 0 bridgehead atoms. The summed E-state index contributed by atoms with van der Waals surface area (Å²) in [6.07, 6.45) is 0.774. The lowest BCUT2D eigenvalue weighted by Crippen LogP contribution is -2.36. The van der Waals surface area contributed by atoms with Gasteiger partial charge in [0, 0.05) is 36.2 Å². The van der Waals surface area contributed by atoms with Crippen molar-refractivity contribution in [1.29, 1.82) is 0 Å². The first kappa shape index (κ1) is 32.6. The Morgan fingerprint density at radius 1 is 0.932 bits per heavy atom. The highest BCUT2D eigenvalue weighted by Gasteiger charge is 2.42. The Kier molecular flexibility index (Phi) is 10.7. The fraction of sp³-hybridized carbons (Fsp3) is 0.441. The van der Waals surface area contributed by atoms with E-state index in [9.17, 15) is 14.4 Å². The topological polar surface area (TPSA) is 119 Å². The van der Waals surface area contributed by atoms with Crippen molar-refractivity contribution in [2.45, 2.75) is 65.4 Å². The quantitative estimate of drug-likeness (QED) is 0.192. The van der Waals surface area contributed by atoms with Crippen LogP contribution in [0.3, 0.4) is 0 Å². The number of Topliss-reactive ketones (excluding diaryl/α,β-unsaturated/α-hetero) is 1. The van der Waals surface area contributed by atoms with Gasteiger partial charge in [0.25, 0.3) is 0 Å². The zero-order chi connectivity index (χ0) is 32.0. The average molecular weight is 608 g/mol. The van der Waals surface area contributed by atoms with E-state index in [1.165, 1.54) is 6.92 Å². The van der Waals surface area contributed by atoms with Gasteiger partial charge in [0.05, 0.1) is 39.1 Å². The maximum Gasteiger partial charge on any atom is 0.336 e. The number of hydrogen-bond donors (Lipinski definition) is 1. The minimum atomic E-state index is -0.728. The molecule has 4 rings (SSSR count). The number of carbonyl (C=O) groups excluding carboxylic acids is 3. The van der Waals surface area contributed by atoms with Crippen molar-refractivity contribution in [3.05, 3.63) is 70.1 Å². The lowest BCUT2D eigenvalue weighted by atomic mass is 9.71. The lowest BCUT2D eigenvalue weighted by molar-refractivity contribution is -0.141. The predicted octanol–water partition coefficient (Wildman–Crippen LogP) is 5.36. The fourth-order valence-electron chi connectivity index (χ4n) is 5.69. The summed E-state index contributed by atoms with van der Waals surface area (Å²) in [5.74, 6) is -0.181. The maximum absolute atomic E-state index is 14.1. The lowest BCUT2D eigenvalue weighted by Gasteiger charge is -2.37. The molecule has 44 heavy (non-hydrogen) atoms. The predicted molar refractivity (Wildman–Crippen MR) is 163 cm³/mol. The molecule has 0 amide bonds. The first-order valence-corrected chi connectivity index (χ1v) is 14.8. The summed E-state index contributed by atoms with van der Waals surface area (Å²) in [7, 11) is 3.16. The van der Waals surface area contributed by atoms with E-state index in [-0.39, 0.29) is 43.2 Å². The Hall–Kier alpha value is -4.31. The van der Waals surface area contributed by atoms with Crippen LogP contribution in [0.1, 0.15) is 70.4 Å². The van der Waals surface area contributed by atoms with Crippen LogP contribution in [0.4, 0.5) is 0 Å². The second-order valence-electron chi connectivity index (χ2n) is 10.9. The van der Waals surface area contributed by atoms with Crippen LogP contribution in [-0.2, 0) is 23.9 Å². The number of ketones is 1. The van der Waals surface area contributed by atoms with Gasteiger partial charge < -0.3 is 33.7 Å². The number of ether oxygens (including phenoxy) is 6. The third kappa shape index (κ3) is 7.24. The number of carbonyl (C=O) groups is 3. The van der Waals surface area contributed by atoms with Crippen molar-refractivity contribution < 1.29 is 42.8 Å². The molecule has 1 heterocycles. The van der Waals surface area contributed by atoms with E-state index < -0.39 is 17.9 Å². The van der Waals surface area contributed by atoms with E-state index in [4.69, 9.17) is 28.4 Å². The van der Waals surface area contributed by atoms with Crippen LogP contribution in [0.2, 0.25) is 0 Å². The number of rotatable bonds is 12. The minimum Gasteiger partial charge on any atom is -0.493 e. The number of esters is 2. The molecule has 2 aliphatic rings. The van der Waals surface area contributed by atoms with Crippen LogP contribution in [-0.4, -0.2) is 57.9 Å². The molecule has 236 valence electrons. The molecule has 0 radical (unpaired) electrons. The number of benzene rings is 2. The Balaban J connectivity index is 1.77. The zero-order valence-electron chi connectivity index (χ0n) is 26.4. The Labute approximate surface area is 258 Å². The molecule has 1 N–H and O–H groups in total. The first-order valence-electron chi connectivity index (χ1n) is 14.8. The van der Waals surface area contributed by atoms with Crippen molar-refractivity contribution in [2.75, 3.05) is 34.0 Å². The van der Waals surface area contributed by atoms with Crippen LogP contribution < -0.4 is 24.3 Å². The van der Waals surface area contributed by atoms with Crippen LogP contribution >= 0.6 is 0 Å². The van der Waals surface area contributed by atoms with Crippen LogP contribution in [0.15, 0.2) is 58.9 Å². The zero-order valence-corrected chi connectivity index (χ0v) is 26.4. The van der Waals surface area contributed by atoms with Crippen molar-refractivity contribution in [3.63, 3.8) is 0 Å². The third-order valence-electron chi connectivity index (χ3n) is 7.55. The summed E-state index contributed by atoms with van der Waals surface area (Å²) in [6, 6.07) is 10.8. The summed E-state index contributed by atoms with van der Waals surface area (Å²) in [4.78, 5) is 39.4. The molecule has 0 aromatic heterocycles. The number of nitrogens with one attached hydrogen (secondary N) is 1. The number of dihydropyridines is 1. The van der Waals surface area contributed by atoms with Gasteiger partial charge in [-0.15, -0.1) is 0 Å². The largest absolute Gasteiger partial charge is 0.493 e. The smallest absolute Gasteiger partial charge is 0.336 e. The van der Waals surface area contributed by atoms with Gasteiger partial charge in [-0.05, 0) is 75.4 Å². The first-order chi connectivity index (χ1) is 21.1. The Morgan fingerprint density at radius 3 is 2.27 bits per heavy atom. The molecule has 0 fully saturated rings. The normalized spacial score (nSPS) is 18.0. The van der Waals surface area contributed by atoms with Crippen molar-refractivity contribution in [3.8, 4) is 23.0 Å². The van der Waals surface area contributed by atoms with Gasteiger partial charge in [-0.25, -0.2) is 4.79 Å². The van der Waals surface area contributed by atoms with E-state index in [1.54, 1.807) is 39.3 Å². The van der Waals surface area contributed by atoms with Crippen LogP contribution in [0.5, 0.6) is 23.0 Å². The summed E-state index contributed by atoms with van der Waals surface area (Å²) < 4.78 is 33.2. The van der Waals surface area contributed by atoms with Crippen molar-refractivity contribution in [2.24, 2.45) is 0 Å². The van der Waals surface area contributed by atoms with Crippen LogP contribution in [0, 0.1) is 0 Å². The minimum absolute atomic E-state index is 0.00217. The third-order valence-corrected chi connectivity index (χ3v) is 7.55. The van der Waals surface area contributed by atoms with Gasteiger partial charge in [-0.3, -0.25) is 9.59 Å². The molecule has 2 aromatic rings. The molecule has 10 nitrogen and oxygen atoms in total. The van der Waals surface area contributed by atoms with Gasteiger partial charge in [-0.1, -0.05) is 12.1 Å².